The van der Waals surface area contributed by atoms with Crippen molar-refractivity contribution in [3.8, 4) is 0 Å². The molecule has 0 aliphatic rings. The minimum absolute atomic E-state index is 0.0518. The fourth-order valence-corrected chi connectivity index (χ4v) is 5.24. The van der Waals surface area contributed by atoms with Gasteiger partial charge in [0.15, 0.2) is 5.58 Å². The molecule has 2 heterocycles. The van der Waals surface area contributed by atoms with E-state index in [2.05, 4.69) is 14.1 Å². The molecule has 0 saturated heterocycles. The van der Waals surface area contributed by atoms with Gasteiger partial charge in [0, 0.05) is 17.6 Å². The van der Waals surface area contributed by atoms with Crippen LogP contribution in [0.25, 0.3) is 11.1 Å². The van der Waals surface area contributed by atoms with Crippen LogP contribution >= 0.6 is 11.5 Å². The van der Waals surface area contributed by atoms with Crippen molar-refractivity contribution in [3.63, 3.8) is 0 Å². The summed E-state index contributed by atoms with van der Waals surface area (Å²) in [7, 11) is -3.91. The molecule has 8 nitrogen and oxygen atoms in total. The van der Waals surface area contributed by atoms with Gasteiger partial charge in [-0.3, -0.25) is 9.29 Å². The SMILES string of the molecule is CCc1cc2c(cc1S(=O)(=O)Nc1ncns1)oc(=O)n2[C@H](C)c1ccccc1. The van der Waals surface area contributed by atoms with E-state index in [0.717, 1.165) is 17.1 Å². The average Bonchev–Trinajstić information content (AvgIpc) is 3.33. The maximum atomic E-state index is 12.9. The summed E-state index contributed by atoms with van der Waals surface area (Å²) in [5, 5.41) is 0.170. The van der Waals surface area contributed by atoms with E-state index in [1.807, 2.05) is 44.2 Å². The van der Waals surface area contributed by atoms with Gasteiger partial charge in [-0.25, -0.2) is 18.2 Å². The second kappa shape index (κ2) is 7.45. The van der Waals surface area contributed by atoms with Crippen LogP contribution in [-0.4, -0.2) is 22.3 Å². The molecule has 4 aromatic rings. The minimum atomic E-state index is -3.91. The summed E-state index contributed by atoms with van der Waals surface area (Å²) >= 11 is 0.941. The Hall–Kier alpha value is -2.98. The number of hydrogen-bond acceptors (Lipinski definition) is 7. The van der Waals surface area contributed by atoms with Crippen molar-refractivity contribution < 1.29 is 12.8 Å². The summed E-state index contributed by atoms with van der Waals surface area (Å²) < 4.78 is 38.9. The lowest BCUT2D eigenvalue weighted by Gasteiger charge is -2.14. The van der Waals surface area contributed by atoms with Gasteiger partial charge in [-0.05, 0) is 30.5 Å². The summed E-state index contributed by atoms with van der Waals surface area (Å²) in [4.78, 5) is 16.5. The lowest BCUT2D eigenvalue weighted by Crippen LogP contribution is -2.19. The predicted molar refractivity (Wildman–Crippen MR) is 111 cm³/mol. The maximum Gasteiger partial charge on any atom is 0.420 e. The highest BCUT2D eigenvalue weighted by Crippen LogP contribution is 2.28. The zero-order valence-electron chi connectivity index (χ0n) is 15.7. The lowest BCUT2D eigenvalue weighted by atomic mass is 10.1. The Bertz CT molecular complexity index is 1310. The van der Waals surface area contributed by atoms with Gasteiger partial charge in [-0.2, -0.15) is 4.37 Å². The fourth-order valence-electron chi connectivity index (χ4n) is 3.27. The molecule has 150 valence electrons. The molecular formula is C19H18N4O4S2. The van der Waals surface area contributed by atoms with Crippen LogP contribution in [0.5, 0.6) is 0 Å². The lowest BCUT2D eigenvalue weighted by molar-refractivity contribution is 0.489. The van der Waals surface area contributed by atoms with Gasteiger partial charge in [0.25, 0.3) is 10.0 Å². The summed E-state index contributed by atoms with van der Waals surface area (Å²) in [6, 6.07) is 12.4. The number of fused-ring (bicyclic) bond motifs is 1. The van der Waals surface area contributed by atoms with E-state index in [-0.39, 0.29) is 21.7 Å². The second-order valence-electron chi connectivity index (χ2n) is 6.46. The van der Waals surface area contributed by atoms with Crippen molar-refractivity contribution >= 4 is 37.8 Å². The molecule has 0 unspecified atom stereocenters. The highest BCUT2D eigenvalue weighted by Gasteiger charge is 2.24. The molecule has 0 fully saturated rings. The number of sulfonamides is 1. The number of aryl methyl sites for hydroxylation is 1. The molecule has 0 spiro atoms. The second-order valence-corrected chi connectivity index (χ2v) is 8.89. The van der Waals surface area contributed by atoms with Crippen LogP contribution in [0.15, 0.2) is 62.9 Å². The molecule has 0 aliphatic carbocycles. The van der Waals surface area contributed by atoms with Gasteiger partial charge in [-0.1, -0.05) is 37.3 Å². The first-order valence-corrected chi connectivity index (χ1v) is 11.2. The van der Waals surface area contributed by atoms with E-state index in [1.165, 1.54) is 12.4 Å². The number of nitrogens with zero attached hydrogens (tertiary/aromatic N) is 3. The summed E-state index contributed by atoms with van der Waals surface area (Å²) in [5.74, 6) is -0.537. The molecule has 0 saturated carbocycles. The molecule has 0 bridgehead atoms. The normalized spacial score (nSPS) is 12.9. The molecule has 29 heavy (non-hydrogen) atoms. The van der Waals surface area contributed by atoms with Crippen LogP contribution in [0.3, 0.4) is 0 Å². The van der Waals surface area contributed by atoms with Crippen molar-refractivity contribution in [2.45, 2.75) is 31.2 Å². The molecule has 4 rings (SSSR count). The van der Waals surface area contributed by atoms with E-state index >= 15 is 0 Å². The van der Waals surface area contributed by atoms with Crippen molar-refractivity contribution in [1.29, 1.82) is 0 Å². The molecule has 1 N–H and O–H groups in total. The molecule has 2 aromatic heterocycles. The van der Waals surface area contributed by atoms with E-state index in [1.54, 1.807) is 10.6 Å². The molecular weight excluding hydrogens is 412 g/mol. The van der Waals surface area contributed by atoms with E-state index in [9.17, 15) is 13.2 Å². The standard InChI is InChI=1S/C19H18N4O4S2/c1-3-13-9-15-16(10-17(13)29(25,26)22-18-20-11-21-28-18)27-19(24)23(15)12(2)14-7-5-4-6-8-14/h4-12H,3H2,1-2H3,(H,20,21,22)/t12-/m1/s1. The fraction of sp³-hybridized carbons (Fsp3) is 0.211. The average molecular weight is 431 g/mol. The Morgan fingerprint density at radius 3 is 2.66 bits per heavy atom. The van der Waals surface area contributed by atoms with Crippen LogP contribution in [0.4, 0.5) is 5.13 Å². The Balaban J connectivity index is 1.85. The Morgan fingerprint density at radius 2 is 2.00 bits per heavy atom. The molecule has 1 atom stereocenters. The van der Waals surface area contributed by atoms with Crippen LogP contribution in [0.1, 0.15) is 31.0 Å². The van der Waals surface area contributed by atoms with Crippen molar-refractivity contribution in [2.75, 3.05) is 4.72 Å². The first-order valence-electron chi connectivity index (χ1n) is 8.93. The van der Waals surface area contributed by atoms with Gasteiger partial charge < -0.3 is 4.42 Å². The van der Waals surface area contributed by atoms with Crippen LogP contribution in [0, 0.1) is 0 Å². The van der Waals surface area contributed by atoms with Crippen LogP contribution in [-0.2, 0) is 16.4 Å². The number of oxazole rings is 1. The third kappa shape index (κ3) is 3.56. The van der Waals surface area contributed by atoms with E-state index < -0.39 is 15.8 Å². The third-order valence-corrected chi connectivity index (χ3v) is 6.85. The third-order valence-electron chi connectivity index (χ3n) is 4.72. The largest absolute Gasteiger partial charge is 0.420 e. The first kappa shape index (κ1) is 19.3. The molecule has 0 aliphatic heterocycles. The smallest absolute Gasteiger partial charge is 0.408 e. The van der Waals surface area contributed by atoms with E-state index in [0.29, 0.717) is 17.5 Å². The minimum Gasteiger partial charge on any atom is -0.408 e. The van der Waals surface area contributed by atoms with Gasteiger partial charge in [-0.15, -0.1) is 0 Å². The molecule has 10 heteroatoms. The van der Waals surface area contributed by atoms with Crippen molar-refractivity contribution in [3.05, 3.63) is 70.5 Å². The number of hydrogen-bond donors (Lipinski definition) is 1. The Labute approximate surface area is 171 Å². The van der Waals surface area contributed by atoms with Gasteiger partial charge in [0.05, 0.1) is 16.5 Å². The monoisotopic (exact) mass is 430 g/mol. The predicted octanol–water partition coefficient (Wildman–Crippen LogP) is 3.42. The number of rotatable bonds is 6. The quantitative estimate of drug-likeness (QED) is 0.502. The molecule has 0 amide bonds. The zero-order valence-corrected chi connectivity index (χ0v) is 17.3. The highest BCUT2D eigenvalue weighted by molar-refractivity contribution is 7.93. The zero-order chi connectivity index (χ0) is 20.6. The number of nitrogens with one attached hydrogen (secondary N) is 1. The number of aromatic nitrogens is 3. The van der Waals surface area contributed by atoms with Gasteiger partial charge in [0.2, 0.25) is 5.13 Å². The summed E-state index contributed by atoms with van der Waals surface area (Å²) in [6.07, 6.45) is 1.73. The first-order chi connectivity index (χ1) is 13.9. The van der Waals surface area contributed by atoms with E-state index in [4.69, 9.17) is 4.42 Å². The van der Waals surface area contributed by atoms with Gasteiger partial charge in [0.1, 0.15) is 6.33 Å². The molecule has 2 aromatic carbocycles. The van der Waals surface area contributed by atoms with Gasteiger partial charge >= 0.3 is 5.76 Å². The highest BCUT2D eigenvalue weighted by atomic mass is 32.2. The Morgan fingerprint density at radius 1 is 1.24 bits per heavy atom. The Kier molecular flexibility index (Phi) is 4.97. The summed E-state index contributed by atoms with van der Waals surface area (Å²) in [5.41, 5.74) is 2.29. The molecule has 0 radical (unpaired) electrons. The topological polar surface area (TPSA) is 107 Å². The van der Waals surface area contributed by atoms with Crippen LogP contribution < -0.4 is 10.5 Å². The van der Waals surface area contributed by atoms with Crippen molar-refractivity contribution in [1.82, 2.24) is 13.9 Å². The maximum absolute atomic E-state index is 12.9. The van der Waals surface area contributed by atoms with Crippen LogP contribution in [0.2, 0.25) is 0 Å². The van der Waals surface area contributed by atoms with Crippen molar-refractivity contribution in [2.24, 2.45) is 0 Å². The number of anilines is 1. The summed E-state index contributed by atoms with van der Waals surface area (Å²) in [6.45, 7) is 3.76. The number of benzene rings is 2.